The van der Waals surface area contributed by atoms with Gasteiger partial charge in [0.05, 0.1) is 0 Å². The molecule has 1 aliphatic rings. The van der Waals surface area contributed by atoms with Crippen molar-refractivity contribution in [1.29, 1.82) is 0 Å². The number of amides is 1. The Labute approximate surface area is 109 Å². The molecule has 1 heterocycles. The summed E-state index contributed by atoms with van der Waals surface area (Å²) < 4.78 is 13.2. The number of halogens is 2. The van der Waals surface area contributed by atoms with Crippen molar-refractivity contribution in [2.45, 2.75) is 25.9 Å². The second kappa shape index (κ2) is 4.94. The van der Waals surface area contributed by atoms with Crippen molar-refractivity contribution in [1.82, 2.24) is 10.6 Å². The molecule has 1 aromatic rings. The summed E-state index contributed by atoms with van der Waals surface area (Å²) in [5.74, 6) is -0.369. The van der Waals surface area contributed by atoms with Crippen LogP contribution in [0.4, 0.5) is 4.39 Å². The predicted octanol–water partition coefficient (Wildman–Crippen LogP) is 2.00. The summed E-state index contributed by atoms with van der Waals surface area (Å²) in [5, 5.41) is 5.85. The molecule has 0 bridgehead atoms. The summed E-state index contributed by atoms with van der Waals surface area (Å²) in [4.78, 5) is 15.9. The number of nitrogens with one attached hydrogen (secondary N) is 2. The SMILES string of the molecule is CC(C)NC1=NC(c2cc(F)cc(Cl)c2)C(=O)N1. The van der Waals surface area contributed by atoms with Gasteiger partial charge in [0, 0.05) is 11.1 Å². The van der Waals surface area contributed by atoms with Crippen molar-refractivity contribution in [2.24, 2.45) is 4.99 Å². The molecule has 0 fully saturated rings. The summed E-state index contributed by atoms with van der Waals surface area (Å²) in [6.07, 6.45) is 0. The van der Waals surface area contributed by atoms with Crippen molar-refractivity contribution in [3.05, 3.63) is 34.6 Å². The molecule has 4 nitrogen and oxygen atoms in total. The van der Waals surface area contributed by atoms with E-state index in [0.29, 0.717) is 11.5 Å². The van der Waals surface area contributed by atoms with Crippen LogP contribution in [0.5, 0.6) is 0 Å². The number of nitrogens with zero attached hydrogens (tertiary/aromatic N) is 1. The smallest absolute Gasteiger partial charge is 0.256 e. The first-order valence-electron chi connectivity index (χ1n) is 5.57. The fourth-order valence-electron chi connectivity index (χ4n) is 1.71. The molecule has 1 atom stereocenters. The maximum Gasteiger partial charge on any atom is 0.256 e. The van der Waals surface area contributed by atoms with Gasteiger partial charge < -0.3 is 5.32 Å². The Morgan fingerprint density at radius 3 is 2.78 bits per heavy atom. The average Bonchev–Trinajstić information content (AvgIpc) is 2.56. The van der Waals surface area contributed by atoms with Gasteiger partial charge in [0.2, 0.25) is 0 Å². The standard InChI is InChI=1S/C12H13ClFN3O/c1-6(2)15-12-16-10(11(18)17-12)7-3-8(13)5-9(14)4-7/h3-6,10H,1-2H3,(H2,15,16,17,18). The monoisotopic (exact) mass is 269 g/mol. The minimum Gasteiger partial charge on any atom is -0.354 e. The van der Waals surface area contributed by atoms with Crippen molar-refractivity contribution in [3.63, 3.8) is 0 Å². The van der Waals surface area contributed by atoms with Crippen molar-refractivity contribution >= 4 is 23.5 Å². The fraction of sp³-hybridized carbons (Fsp3) is 0.333. The van der Waals surface area contributed by atoms with E-state index in [-0.39, 0.29) is 17.0 Å². The summed E-state index contributed by atoms with van der Waals surface area (Å²) in [5.41, 5.74) is 0.443. The maximum absolute atomic E-state index is 13.2. The third-order valence-electron chi connectivity index (χ3n) is 2.37. The van der Waals surface area contributed by atoms with Gasteiger partial charge in [-0.05, 0) is 37.6 Å². The first-order chi connectivity index (χ1) is 8.45. The van der Waals surface area contributed by atoms with E-state index in [9.17, 15) is 9.18 Å². The molecule has 0 aromatic heterocycles. The molecule has 96 valence electrons. The molecule has 0 aliphatic carbocycles. The lowest BCUT2D eigenvalue weighted by Crippen LogP contribution is -2.40. The van der Waals surface area contributed by atoms with Crippen molar-refractivity contribution in [3.8, 4) is 0 Å². The summed E-state index contributed by atoms with van der Waals surface area (Å²) in [6.45, 7) is 3.86. The second-order valence-corrected chi connectivity index (χ2v) is 4.81. The zero-order valence-corrected chi connectivity index (χ0v) is 10.8. The molecule has 1 amide bonds. The first-order valence-corrected chi connectivity index (χ1v) is 5.94. The number of hydrogen-bond donors (Lipinski definition) is 2. The topological polar surface area (TPSA) is 53.5 Å². The van der Waals surface area contributed by atoms with E-state index in [1.54, 1.807) is 0 Å². The highest BCUT2D eigenvalue weighted by atomic mass is 35.5. The van der Waals surface area contributed by atoms with Crippen LogP contribution in [0.15, 0.2) is 23.2 Å². The predicted molar refractivity (Wildman–Crippen MR) is 68.0 cm³/mol. The highest BCUT2D eigenvalue weighted by Gasteiger charge is 2.28. The molecule has 1 aromatic carbocycles. The van der Waals surface area contributed by atoms with Crippen LogP contribution in [0.2, 0.25) is 5.02 Å². The molecule has 0 saturated heterocycles. The van der Waals surface area contributed by atoms with Gasteiger partial charge in [0.1, 0.15) is 5.82 Å². The summed E-state index contributed by atoms with van der Waals surface area (Å²) in [6, 6.07) is 3.39. The second-order valence-electron chi connectivity index (χ2n) is 4.37. The van der Waals surface area contributed by atoms with Gasteiger partial charge in [0.15, 0.2) is 12.0 Å². The van der Waals surface area contributed by atoms with Gasteiger partial charge in [-0.25, -0.2) is 9.38 Å². The Hall–Kier alpha value is -1.62. The van der Waals surface area contributed by atoms with Crippen LogP contribution in [-0.4, -0.2) is 17.9 Å². The van der Waals surface area contributed by atoms with E-state index in [0.717, 1.165) is 0 Å². The molecule has 0 saturated carbocycles. The Balaban J connectivity index is 2.27. The number of benzene rings is 1. The third kappa shape index (κ3) is 2.79. The van der Waals surface area contributed by atoms with Crippen LogP contribution < -0.4 is 10.6 Å². The first kappa shape index (κ1) is 12.8. The zero-order chi connectivity index (χ0) is 13.3. The molecule has 2 N–H and O–H groups in total. The minimum atomic E-state index is -0.751. The van der Waals surface area contributed by atoms with E-state index in [2.05, 4.69) is 15.6 Å². The Morgan fingerprint density at radius 1 is 1.44 bits per heavy atom. The molecule has 1 unspecified atom stereocenters. The van der Waals surface area contributed by atoms with Crippen LogP contribution in [0, 0.1) is 5.82 Å². The fourth-order valence-corrected chi connectivity index (χ4v) is 1.94. The quantitative estimate of drug-likeness (QED) is 0.863. The van der Waals surface area contributed by atoms with Gasteiger partial charge in [-0.1, -0.05) is 11.6 Å². The maximum atomic E-state index is 13.2. The van der Waals surface area contributed by atoms with E-state index in [1.807, 2.05) is 13.8 Å². The largest absolute Gasteiger partial charge is 0.354 e. The summed E-state index contributed by atoms with van der Waals surface area (Å²) >= 11 is 5.76. The molecule has 18 heavy (non-hydrogen) atoms. The molecule has 0 radical (unpaired) electrons. The van der Waals surface area contributed by atoms with Gasteiger partial charge in [-0.3, -0.25) is 10.1 Å². The lowest BCUT2D eigenvalue weighted by molar-refractivity contribution is -0.120. The molecule has 1 aliphatic heterocycles. The Bertz CT molecular complexity index is 496. The number of guanidine groups is 1. The number of carbonyl (C=O) groups excluding carboxylic acids is 1. The number of hydrogen-bond acceptors (Lipinski definition) is 3. The minimum absolute atomic E-state index is 0.152. The van der Waals surface area contributed by atoms with Crippen molar-refractivity contribution in [2.75, 3.05) is 0 Å². The van der Waals surface area contributed by atoms with Crippen molar-refractivity contribution < 1.29 is 9.18 Å². The number of aliphatic imine (C=N–C) groups is 1. The van der Waals surface area contributed by atoms with E-state index in [4.69, 9.17) is 11.6 Å². The van der Waals surface area contributed by atoms with E-state index in [1.165, 1.54) is 18.2 Å². The average molecular weight is 270 g/mol. The normalized spacial score (nSPS) is 18.8. The van der Waals surface area contributed by atoms with Crippen LogP contribution in [0.1, 0.15) is 25.5 Å². The highest BCUT2D eigenvalue weighted by Crippen LogP contribution is 2.25. The van der Waals surface area contributed by atoms with E-state index < -0.39 is 11.9 Å². The van der Waals surface area contributed by atoms with E-state index >= 15 is 0 Å². The molecule has 2 rings (SSSR count). The summed E-state index contributed by atoms with van der Waals surface area (Å²) in [7, 11) is 0. The Kier molecular flexibility index (Phi) is 3.52. The van der Waals surface area contributed by atoms with Gasteiger partial charge in [0.25, 0.3) is 5.91 Å². The lowest BCUT2D eigenvalue weighted by Gasteiger charge is -2.07. The van der Waals surface area contributed by atoms with Gasteiger partial charge in [-0.15, -0.1) is 0 Å². The van der Waals surface area contributed by atoms with Gasteiger partial charge in [-0.2, -0.15) is 0 Å². The van der Waals surface area contributed by atoms with Gasteiger partial charge >= 0.3 is 0 Å². The third-order valence-corrected chi connectivity index (χ3v) is 2.59. The Morgan fingerprint density at radius 2 is 2.17 bits per heavy atom. The molecular formula is C12H13ClFN3O. The highest BCUT2D eigenvalue weighted by molar-refractivity contribution is 6.30. The zero-order valence-electron chi connectivity index (χ0n) is 10.00. The lowest BCUT2D eigenvalue weighted by atomic mass is 10.1. The van der Waals surface area contributed by atoms with Crippen LogP contribution in [0.3, 0.4) is 0 Å². The number of carbonyl (C=O) groups is 1. The molecule has 6 heteroatoms. The molecule has 0 spiro atoms. The molecular weight excluding hydrogens is 257 g/mol. The van der Waals surface area contributed by atoms with Crippen LogP contribution >= 0.6 is 11.6 Å². The van der Waals surface area contributed by atoms with Crippen LogP contribution in [0.25, 0.3) is 0 Å². The number of rotatable bonds is 2. The van der Waals surface area contributed by atoms with Crippen LogP contribution in [-0.2, 0) is 4.79 Å².